The number of nitrogens with one attached hydrogen (secondary N) is 1. The molecule has 1 aliphatic carbocycles. The highest BCUT2D eigenvalue weighted by Gasteiger charge is 2.53. The molecule has 1 saturated carbocycles. The van der Waals surface area contributed by atoms with E-state index in [1.54, 1.807) is 62.4 Å². The highest BCUT2D eigenvalue weighted by molar-refractivity contribution is 6.30. The summed E-state index contributed by atoms with van der Waals surface area (Å²) in [5.74, 6) is -0.224. The van der Waals surface area contributed by atoms with E-state index in [4.69, 9.17) is 35.4 Å². The number of nitrogens with zero attached hydrogens (tertiary/aromatic N) is 1. The highest BCUT2D eigenvalue weighted by atomic mass is 35.5. The normalized spacial score (nSPS) is 34.0. The lowest BCUT2D eigenvalue weighted by atomic mass is 9.83. The third-order valence-electron chi connectivity index (χ3n) is 7.74. The topological polar surface area (TPSA) is 189 Å². The Morgan fingerprint density at radius 3 is 2.39 bits per heavy atom. The lowest BCUT2D eigenvalue weighted by Crippen LogP contribution is -2.67. The van der Waals surface area contributed by atoms with E-state index in [1.165, 1.54) is 0 Å². The van der Waals surface area contributed by atoms with Crippen LogP contribution in [0, 0.1) is 0 Å². The molecule has 0 bridgehead atoms. The number of halogens is 1. The zero-order chi connectivity index (χ0) is 31.5. The van der Waals surface area contributed by atoms with Crippen molar-refractivity contribution in [3.63, 3.8) is 0 Å². The van der Waals surface area contributed by atoms with E-state index in [1.807, 2.05) is 6.07 Å². The summed E-state index contributed by atoms with van der Waals surface area (Å²) in [4.78, 5) is 18.2. The molecule has 2 saturated heterocycles. The first-order valence-corrected chi connectivity index (χ1v) is 14.4. The summed E-state index contributed by atoms with van der Waals surface area (Å²) in [6.45, 7) is 3.19. The van der Waals surface area contributed by atoms with Gasteiger partial charge in [0.2, 0.25) is 12.2 Å². The van der Waals surface area contributed by atoms with Crippen LogP contribution in [0.2, 0.25) is 5.02 Å². The molecule has 5 rings (SSSR count). The van der Waals surface area contributed by atoms with E-state index in [0.717, 1.165) is 5.56 Å². The van der Waals surface area contributed by atoms with E-state index in [2.05, 4.69) is 10.5 Å². The van der Waals surface area contributed by atoms with Gasteiger partial charge in [0, 0.05) is 10.6 Å². The van der Waals surface area contributed by atoms with E-state index in [9.17, 15) is 30.3 Å². The summed E-state index contributed by atoms with van der Waals surface area (Å²) in [6.07, 6.45) is -9.05. The standard InChI is InChI=1S/C30H35ClN2O11/c1-14(29(39)32-20-21(34)23(36)28-27(22(20)35)40-13-41-28)10-16-6-8-19(9-7-16)43-30-25(38)24(37)26(44-30)15(2)33-42-12-17-4-3-5-18(31)11-17/h3-11,20-28,30,34-38H,12-13H2,1-2H3,(H,32,39)/t20?,21?,22?,23?,24-,25+,26-,27?,28?,30-/m1/s1. The molecule has 0 radical (unpaired) electrons. The molecule has 6 unspecified atom stereocenters. The largest absolute Gasteiger partial charge is 0.462 e. The lowest BCUT2D eigenvalue weighted by Gasteiger charge is -2.41. The molecule has 3 aliphatic rings. The predicted molar refractivity (Wildman–Crippen MR) is 155 cm³/mol. The quantitative estimate of drug-likeness (QED) is 0.128. The highest BCUT2D eigenvalue weighted by Crippen LogP contribution is 2.30. The summed E-state index contributed by atoms with van der Waals surface area (Å²) >= 11 is 5.98. The van der Waals surface area contributed by atoms with Crippen molar-refractivity contribution in [2.45, 2.75) is 81.6 Å². The fourth-order valence-electron chi connectivity index (χ4n) is 5.29. The van der Waals surface area contributed by atoms with Crippen LogP contribution in [-0.4, -0.2) is 105 Å². The third kappa shape index (κ3) is 7.07. The van der Waals surface area contributed by atoms with Crippen molar-refractivity contribution in [2.75, 3.05) is 6.79 Å². The van der Waals surface area contributed by atoms with Crippen LogP contribution in [0.1, 0.15) is 25.0 Å². The molecule has 10 atom stereocenters. The smallest absolute Gasteiger partial charge is 0.247 e. The molecule has 0 spiro atoms. The van der Waals surface area contributed by atoms with Crippen LogP contribution in [0.3, 0.4) is 0 Å². The maximum absolute atomic E-state index is 12.8. The van der Waals surface area contributed by atoms with Crippen LogP contribution in [0.25, 0.3) is 6.08 Å². The number of benzene rings is 2. The number of amides is 1. The Bertz CT molecular complexity index is 1370. The zero-order valence-corrected chi connectivity index (χ0v) is 24.7. The molecule has 2 aromatic carbocycles. The van der Waals surface area contributed by atoms with Crippen LogP contribution in [0.15, 0.2) is 59.3 Å². The van der Waals surface area contributed by atoms with Crippen LogP contribution >= 0.6 is 11.6 Å². The second kappa shape index (κ2) is 13.9. The van der Waals surface area contributed by atoms with Crippen molar-refractivity contribution in [3.8, 4) is 5.75 Å². The monoisotopic (exact) mass is 634 g/mol. The first-order chi connectivity index (χ1) is 21.0. The second-order valence-electron chi connectivity index (χ2n) is 10.9. The summed E-state index contributed by atoms with van der Waals surface area (Å²) in [5.41, 5.74) is 2.02. The van der Waals surface area contributed by atoms with Gasteiger partial charge >= 0.3 is 0 Å². The first-order valence-electron chi connectivity index (χ1n) is 14.0. The van der Waals surface area contributed by atoms with Crippen LogP contribution in [-0.2, 0) is 30.4 Å². The number of hydrogen-bond donors (Lipinski definition) is 6. The van der Waals surface area contributed by atoms with E-state index >= 15 is 0 Å². The summed E-state index contributed by atoms with van der Waals surface area (Å²) in [6, 6.07) is 12.5. The van der Waals surface area contributed by atoms with Gasteiger partial charge in [0.25, 0.3) is 0 Å². The van der Waals surface area contributed by atoms with Gasteiger partial charge in [0.15, 0.2) is 0 Å². The molecule has 238 valence electrons. The molecule has 6 N–H and O–H groups in total. The SMILES string of the molecule is CC(=Cc1ccc(O[C@@H]2O[C@H](C(C)=NOCc3cccc(Cl)c3)[C@H](O)[C@@H]2O)cc1)C(=O)NC1C(O)C(O)C2OCOC2C1O. The molecule has 2 heterocycles. The summed E-state index contributed by atoms with van der Waals surface area (Å²) < 4.78 is 22.0. The Balaban J connectivity index is 1.15. The Labute approximate surface area is 258 Å². The minimum absolute atomic E-state index is 0.128. The van der Waals surface area contributed by atoms with Gasteiger partial charge in [-0.05, 0) is 55.3 Å². The Morgan fingerprint density at radius 1 is 0.977 bits per heavy atom. The number of oxime groups is 1. The maximum Gasteiger partial charge on any atom is 0.247 e. The number of aliphatic hydroxyl groups excluding tert-OH is 5. The first kappa shape index (κ1) is 32.3. The summed E-state index contributed by atoms with van der Waals surface area (Å²) in [5, 5.41) is 59.5. The minimum atomic E-state index is -1.45. The average molecular weight is 635 g/mol. The fraction of sp³-hybridized carbons (Fsp3) is 0.467. The molecular formula is C30H35ClN2O11. The second-order valence-corrected chi connectivity index (χ2v) is 11.3. The van der Waals surface area contributed by atoms with E-state index in [-0.39, 0.29) is 19.0 Å². The van der Waals surface area contributed by atoms with Gasteiger partial charge in [0.05, 0.1) is 11.8 Å². The van der Waals surface area contributed by atoms with Gasteiger partial charge in [-0.1, -0.05) is 41.0 Å². The number of carbonyl (C=O) groups is 1. The van der Waals surface area contributed by atoms with Gasteiger partial charge in [0.1, 0.15) is 68.0 Å². The number of hydrogen-bond acceptors (Lipinski definition) is 12. The zero-order valence-electron chi connectivity index (χ0n) is 23.9. The Morgan fingerprint density at radius 2 is 1.68 bits per heavy atom. The van der Waals surface area contributed by atoms with Crippen LogP contribution < -0.4 is 10.1 Å². The molecule has 2 aromatic rings. The molecule has 0 aromatic heterocycles. The van der Waals surface area contributed by atoms with Gasteiger partial charge < -0.3 is 54.6 Å². The van der Waals surface area contributed by atoms with Gasteiger partial charge in [-0.15, -0.1) is 0 Å². The molecule has 1 amide bonds. The molecule has 3 fully saturated rings. The predicted octanol–water partition coefficient (Wildman–Crippen LogP) is 0.484. The van der Waals surface area contributed by atoms with Crippen LogP contribution in [0.5, 0.6) is 5.75 Å². The lowest BCUT2D eigenvalue weighted by molar-refractivity contribution is -0.155. The van der Waals surface area contributed by atoms with Crippen molar-refractivity contribution < 1.29 is 54.1 Å². The van der Waals surface area contributed by atoms with Crippen molar-refractivity contribution in [2.24, 2.45) is 5.16 Å². The Hall–Kier alpha value is -3.11. The number of fused-ring (bicyclic) bond motifs is 1. The van der Waals surface area contributed by atoms with Gasteiger partial charge in [-0.25, -0.2) is 0 Å². The molecule has 44 heavy (non-hydrogen) atoms. The average Bonchev–Trinajstić information content (AvgIpc) is 3.60. The fourth-order valence-corrected chi connectivity index (χ4v) is 5.50. The van der Waals surface area contributed by atoms with Crippen molar-refractivity contribution in [1.82, 2.24) is 5.32 Å². The molecular weight excluding hydrogens is 600 g/mol. The third-order valence-corrected chi connectivity index (χ3v) is 7.97. The number of rotatable bonds is 9. The summed E-state index contributed by atoms with van der Waals surface area (Å²) in [7, 11) is 0. The van der Waals surface area contributed by atoms with Gasteiger partial charge in [-0.2, -0.15) is 0 Å². The van der Waals surface area contributed by atoms with Gasteiger partial charge in [-0.3, -0.25) is 4.79 Å². The van der Waals surface area contributed by atoms with Crippen molar-refractivity contribution in [1.29, 1.82) is 0 Å². The molecule has 13 nitrogen and oxygen atoms in total. The number of aliphatic hydroxyl groups is 5. The minimum Gasteiger partial charge on any atom is -0.462 e. The maximum atomic E-state index is 12.8. The molecule has 2 aliphatic heterocycles. The van der Waals surface area contributed by atoms with Crippen molar-refractivity contribution >= 4 is 29.3 Å². The number of ether oxygens (including phenoxy) is 4. The Kier molecular flexibility index (Phi) is 10.2. The van der Waals surface area contributed by atoms with E-state index < -0.39 is 67.1 Å². The van der Waals surface area contributed by atoms with Crippen LogP contribution in [0.4, 0.5) is 0 Å². The van der Waals surface area contributed by atoms with Crippen molar-refractivity contribution in [3.05, 3.63) is 70.3 Å². The molecule has 14 heteroatoms. The van der Waals surface area contributed by atoms with E-state index in [0.29, 0.717) is 22.0 Å². The number of carbonyl (C=O) groups excluding carboxylic acids is 1.